The molecule has 5 atom stereocenters. The summed E-state index contributed by atoms with van der Waals surface area (Å²) in [5.41, 5.74) is 1.61. The summed E-state index contributed by atoms with van der Waals surface area (Å²) in [7, 11) is 0. The normalized spacial score (nSPS) is 47.9. The van der Waals surface area contributed by atoms with E-state index in [2.05, 4.69) is 13.0 Å². The van der Waals surface area contributed by atoms with E-state index in [1.807, 2.05) is 0 Å². The van der Waals surface area contributed by atoms with Gasteiger partial charge in [0.2, 0.25) is 0 Å². The van der Waals surface area contributed by atoms with Gasteiger partial charge in [-0.1, -0.05) is 12.5 Å². The first-order chi connectivity index (χ1) is 11.1. The molecule has 3 nitrogen and oxygen atoms in total. The smallest absolute Gasteiger partial charge is 0.188 e. The highest BCUT2D eigenvalue weighted by Crippen LogP contribution is 2.61. The van der Waals surface area contributed by atoms with Crippen molar-refractivity contribution in [1.82, 2.24) is 0 Å². The zero-order valence-electron chi connectivity index (χ0n) is 14.2. The van der Waals surface area contributed by atoms with Crippen LogP contribution in [0.2, 0.25) is 0 Å². The van der Waals surface area contributed by atoms with Crippen LogP contribution in [0.15, 0.2) is 11.6 Å². The van der Waals surface area contributed by atoms with Crippen LogP contribution in [0.1, 0.15) is 58.3 Å². The molecule has 126 valence electrons. The summed E-state index contributed by atoms with van der Waals surface area (Å²) in [5.74, 6) is 3.14. The van der Waals surface area contributed by atoms with Gasteiger partial charge >= 0.3 is 0 Å². The van der Waals surface area contributed by atoms with Gasteiger partial charge in [-0.05, 0) is 68.3 Å². The molecule has 0 N–H and O–H groups in total. The lowest BCUT2D eigenvalue weighted by Crippen LogP contribution is -2.47. The van der Waals surface area contributed by atoms with Gasteiger partial charge in [0.1, 0.15) is 5.78 Å². The summed E-state index contributed by atoms with van der Waals surface area (Å²) in [4.78, 5) is 12.4. The van der Waals surface area contributed by atoms with E-state index in [-0.39, 0.29) is 11.2 Å². The van der Waals surface area contributed by atoms with Gasteiger partial charge in [0.15, 0.2) is 5.79 Å². The number of carbonyl (C=O) groups is 1. The number of ketones is 1. The lowest BCUT2D eigenvalue weighted by Gasteiger charge is -2.53. The van der Waals surface area contributed by atoms with Crippen LogP contribution in [0.3, 0.4) is 0 Å². The lowest BCUT2D eigenvalue weighted by molar-refractivity contribution is -0.137. The SMILES string of the molecule is C[C@]12CC[C@H]3[C@@H](CCC4=CC5(CC[C@@H]43)OCCO5)[C@@H]1CCC2=O. The van der Waals surface area contributed by atoms with Gasteiger partial charge in [0, 0.05) is 18.3 Å². The Hall–Kier alpha value is -0.670. The maximum atomic E-state index is 12.4. The van der Waals surface area contributed by atoms with Gasteiger partial charge in [-0.3, -0.25) is 4.79 Å². The minimum absolute atomic E-state index is 0.00987. The summed E-state index contributed by atoms with van der Waals surface area (Å²) in [6.45, 7) is 3.75. The van der Waals surface area contributed by atoms with E-state index in [9.17, 15) is 4.79 Å². The van der Waals surface area contributed by atoms with Crippen LogP contribution in [-0.4, -0.2) is 24.8 Å². The topological polar surface area (TPSA) is 35.5 Å². The second-order valence-electron chi connectivity index (χ2n) is 8.76. The van der Waals surface area contributed by atoms with Gasteiger partial charge in [-0.2, -0.15) is 0 Å². The van der Waals surface area contributed by atoms with Crippen LogP contribution in [0.25, 0.3) is 0 Å². The lowest BCUT2D eigenvalue weighted by atomic mass is 9.52. The number of allylic oxidation sites excluding steroid dienone is 1. The number of hydrogen-bond donors (Lipinski definition) is 0. The number of Topliss-reactive ketones (excluding diaryl/α,β-unsaturated/α-hetero) is 1. The third-order valence-electron chi connectivity index (χ3n) is 7.95. The van der Waals surface area contributed by atoms with Crippen LogP contribution in [0.5, 0.6) is 0 Å². The average Bonchev–Trinajstić information content (AvgIpc) is 3.12. The van der Waals surface area contributed by atoms with E-state index in [0.717, 1.165) is 56.7 Å². The first-order valence-corrected chi connectivity index (χ1v) is 9.64. The molecule has 0 amide bonds. The molecule has 0 bridgehead atoms. The molecule has 1 spiro atoms. The van der Waals surface area contributed by atoms with E-state index in [1.54, 1.807) is 5.57 Å². The van der Waals surface area contributed by atoms with Crippen molar-refractivity contribution in [1.29, 1.82) is 0 Å². The highest BCUT2D eigenvalue weighted by Gasteiger charge is 2.56. The monoisotopic (exact) mass is 316 g/mol. The predicted octanol–water partition coefficient (Wildman–Crippen LogP) is 3.87. The second kappa shape index (κ2) is 4.92. The van der Waals surface area contributed by atoms with Crippen LogP contribution < -0.4 is 0 Å². The molecule has 23 heavy (non-hydrogen) atoms. The molecule has 3 saturated carbocycles. The minimum atomic E-state index is -0.384. The number of hydrogen-bond acceptors (Lipinski definition) is 3. The molecule has 1 saturated heterocycles. The summed E-state index contributed by atoms with van der Waals surface area (Å²) in [6, 6.07) is 0. The zero-order chi connectivity index (χ0) is 15.7. The maximum absolute atomic E-state index is 12.4. The fourth-order valence-corrected chi connectivity index (χ4v) is 6.78. The Bertz CT molecular complexity index is 559. The Morgan fingerprint density at radius 1 is 1.00 bits per heavy atom. The molecule has 5 aliphatic rings. The molecule has 0 aromatic heterocycles. The highest BCUT2D eigenvalue weighted by atomic mass is 16.7. The Balaban J connectivity index is 1.43. The van der Waals surface area contributed by atoms with Gasteiger partial charge < -0.3 is 9.47 Å². The van der Waals surface area contributed by atoms with Crippen molar-refractivity contribution in [2.45, 2.75) is 64.1 Å². The Labute approximate surface area is 138 Å². The van der Waals surface area contributed by atoms with Crippen LogP contribution in [0.4, 0.5) is 0 Å². The quantitative estimate of drug-likeness (QED) is 0.636. The fraction of sp³-hybridized carbons (Fsp3) is 0.850. The zero-order valence-corrected chi connectivity index (χ0v) is 14.2. The van der Waals surface area contributed by atoms with Crippen molar-refractivity contribution < 1.29 is 14.3 Å². The highest BCUT2D eigenvalue weighted by molar-refractivity contribution is 5.87. The summed E-state index contributed by atoms with van der Waals surface area (Å²) < 4.78 is 11.8. The molecule has 0 aromatic carbocycles. The third kappa shape index (κ3) is 1.99. The van der Waals surface area contributed by atoms with Crippen LogP contribution in [0, 0.1) is 29.1 Å². The molecule has 3 heteroatoms. The Morgan fingerprint density at radius 3 is 2.65 bits per heavy atom. The van der Waals surface area contributed by atoms with E-state index in [0.29, 0.717) is 11.7 Å². The molecule has 0 unspecified atom stereocenters. The van der Waals surface area contributed by atoms with Gasteiger partial charge in [0.05, 0.1) is 13.2 Å². The first kappa shape index (κ1) is 14.7. The fourth-order valence-electron chi connectivity index (χ4n) is 6.78. The van der Waals surface area contributed by atoms with Gasteiger partial charge in [-0.15, -0.1) is 0 Å². The van der Waals surface area contributed by atoms with E-state index >= 15 is 0 Å². The average molecular weight is 316 g/mol. The van der Waals surface area contributed by atoms with Crippen molar-refractivity contribution in [3.63, 3.8) is 0 Å². The summed E-state index contributed by atoms with van der Waals surface area (Å²) in [6.07, 6.45) is 11.4. The molecule has 4 fully saturated rings. The number of carbonyl (C=O) groups excluding carboxylic acids is 1. The minimum Gasteiger partial charge on any atom is -0.344 e. The number of fused-ring (bicyclic) bond motifs is 5. The first-order valence-electron chi connectivity index (χ1n) is 9.64. The van der Waals surface area contributed by atoms with Gasteiger partial charge in [0.25, 0.3) is 0 Å². The molecule has 5 rings (SSSR count). The summed E-state index contributed by atoms with van der Waals surface area (Å²) in [5, 5.41) is 0. The van der Waals surface area contributed by atoms with Crippen molar-refractivity contribution in [2.24, 2.45) is 29.1 Å². The second-order valence-corrected chi connectivity index (χ2v) is 8.76. The molecular weight excluding hydrogens is 288 g/mol. The van der Waals surface area contributed by atoms with Crippen molar-refractivity contribution in [3.05, 3.63) is 11.6 Å². The largest absolute Gasteiger partial charge is 0.344 e. The van der Waals surface area contributed by atoms with Crippen LogP contribution >= 0.6 is 0 Å². The Kier molecular flexibility index (Phi) is 3.13. The van der Waals surface area contributed by atoms with E-state index in [1.165, 1.54) is 25.7 Å². The van der Waals surface area contributed by atoms with Crippen LogP contribution in [-0.2, 0) is 14.3 Å². The molecule has 0 aromatic rings. The summed E-state index contributed by atoms with van der Waals surface area (Å²) >= 11 is 0. The van der Waals surface area contributed by atoms with Crippen molar-refractivity contribution in [3.8, 4) is 0 Å². The molecule has 0 radical (unpaired) electrons. The Morgan fingerprint density at radius 2 is 1.83 bits per heavy atom. The number of rotatable bonds is 0. The van der Waals surface area contributed by atoms with E-state index < -0.39 is 0 Å². The van der Waals surface area contributed by atoms with E-state index in [4.69, 9.17) is 9.47 Å². The number of ether oxygens (including phenoxy) is 2. The maximum Gasteiger partial charge on any atom is 0.188 e. The third-order valence-corrected chi connectivity index (χ3v) is 7.95. The van der Waals surface area contributed by atoms with Crippen molar-refractivity contribution >= 4 is 5.78 Å². The van der Waals surface area contributed by atoms with Crippen molar-refractivity contribution in [2.75, 3.05) is 13.2 Å². The molecule has 1 heterocycles. The standard InChI is InChI=1S/C20H28O3/c1-19-8-6-15-14-7-9-20(22-10-11-23-20)12-13(14)2-3-16(15)17(19)4-5-18(19)21/h12,14-17H,2-11H2,1H3/t14-,15+,16+,17-,19-/m0/s1. The molecule has 4 aliphatic carbocycles. The predicted molar refractivity (Wildman–Crippen MR) is 86.7 cm³/mol. The molecule has 1 aliphatic heterocycles. The molecular formula is C20H28O3. The van der Waals surface area contributed by atoms with Gasteiger partial charge in [-0.25, -0.2) is 0 Å².